The molecule has 0 aliphatic carbocycles. The van der Waals surface area contributed by atoms with Crippen molar-refractivity contribution in [2.75, 3.05) is 0 Å². The molecule has 1 aliphatic heterocycles. The van der Waals surface area contributed by atoms with E-state index in [0.29, 0.717) is 0 Å². The number of aliphatic imine (C=N–C) groups is 1. The molecule has 2 rings (SSSR count). The zero-order valence-corrected chi connectivity index (χ0v) is 8.08. The van der Waals surface area contributed by atoms with E-state index < -0.39 is 0 Å². The third-order valence-electron chi connectivity index (χ3n) is 1.70. The number of rotatable bonds is 0. The molecule has 0 N–H and O–H groups in total. The van der Waals surface area contributed by atoms with Crippen LogP contribution in [0, 0.1) is 0 Å². The van der Waals surface area contributed by atoms with Crippen LogP contribution in [0.1, 0.15) is 12.0 Å². The Kier molecular flexibility index (Phi) is 1.89. The maximum atomic E-state index is 4.34. The monoisotopic (exact) mass is 258 g/mol. The Balaban J connectivity index is 2.51. The predicted molar refractivity (Wildman–Crippen MR) is 53.7 cm³/mol. The van der Waals surface area contributed by atoms with Gasteiger partial charge in [0.25, 0.3) is 0 Å². The maximum Gasteiger partial charge on any atom is 0.155 e. The van der Waals surface area contributed by atoms with Crippen molar-refractivity contribution in [1.82, 2.24) is 4.98 Å². The van der Waals surface area contributed by atoms with E-state index in [0.717, 1.165) is 22.4 Å². The normalized spacial score (nSPS) is 15.5. The average molecular weight is 258 g/mol. The largest absolute Gasteiger partial charge is 0.237 e. The second-order valence-corrected chi connectivity index (χ2v) is 3.72. The number of aryl methyl sites for hydroxylation is 1. The first-order valence-electron chi connectivity index (χ1n) is 3.53. The van der Waals surface area contributed by atoms with Gasteiger partial charge in [-0.3, -0.25) is 0 Å². The summed E-state index contributed by atoms with van der Waals surface area (Å²) in [4.78, 5) is 8.52. The summed E-state index contributed by atoms with van der Waals surface area (Å²) >= 11 is 2.26. The van der Waals surface area contributed by atoms with Crippen LogP contribution in [0.5, 0.6) is 0 Å². The molecule has 2 nitrogen and oxygen atoms in total. The molecule has 0 bridgehead atoms. The molecule has 56 valence electrons. The lowest BCUT2D eigenvalue weighted by Gasteiger charge is -2.09. The van der Waals surface area contributed by atoms with Crippen LogP contribution in [0.25, 0.3) is 0 Å². The Morgan fingerprint density at radius 1 is 1.36 bits per heavy atom. The maximum absolute atomic E-state index is 4.34. The fraction of sp³-hybridized carbons (Fsp3) is 0.250. The molecule has 0 amide bonds. The van der Waals surface area contributed by atoms with Gasteiger partial charge >= 0.3 is 0 Å². The highest BCUT2D eigenvalue weighted by atomic mass is 127. The number of nitrogens with zero attached hydrogens (tertiary/aromatic N) is 2. The molecule has 1 aromatic rings. The van der Waals surface area contributed by atoms with E-state index >= 15 is 0 Å². The summed E-state index contributed by atoms with van der Waals surface area (Å²) in [6.07, 6.45) is 3.95. The Labute approximate surface area is 78.9 Å². The van der Waals surface area contributed by atoms with Crippen LogP contribution in [-0.4, -0.2) is 8.70 Å². The van der Waals surface area contributed by atoms with Crippen molar-refractivity contribution in [3.8, 4) is 0 Å². The number of aromatic nitrogens is 1. The Morgan fingerprint density at radius 3 is 3.18 bits per heavy atom. The van der Waals surface area contributed by atoms with Gasteiger partial charge in [-0.2, -0.15) is 0 Å². The van der Waals surface area contributed by atoms with Crippen LogP contribution in [-0.2, 0) is 6.42 Å². The molecule has 0 unspecified atom stereocenters. The van der Waals surface area contributed by atoms with Gasteiger partial charge in [-0.1, -0.05) is 6.07 Å². The quantitative estimate of drug-likeness (QED) is 0.656. The van der Waals surface area contributed by atoms with Gasteiger partial charge in [-0.15, -0.1) is 0 Å². The van der Waals surface area contributed by atoms with Gasteiger partial charge < -0.3 is 0 Å². The Bertz CT molecular complexity index is 307. The minimum Gasteiger partial charge on any atom is -0.237 e. The first-order valence-corrected chi connectivity index (χ1v) is 4.61. The van der Waals surface area contributed by atoms with Crippen LogP contribution < -0.4 is 0 Å². The third kappa shape index (κ3) is 1.42. The molecule has 11 heavy (non-hydrogen) atoms. The van der Waals surface area contributed by atoms with Crippen LogP contribution in [0.2, 0.25) is 0 Å². The molecule has 0 spiro atoms. The van der Waals surface area contributed by atoms with E-state index in [2.05, 4.69) is 38.6 Å². The summed E-state index contributed by atoms with van der Waals surface area (Å²) in [5.41, 5.74) is 1.27. The molecule has 3 heteroatoms. The summed E-state index contributed by atoms with van der Waals surface area (Å²) in [7, 11) is 0. The summed E-state index contributed by atoms with van der Waals surface area (Å²) in [6, 6.07) is 4.06. The van der Waals surface area contributed by atoms with Crippen molar-refractivity contribution in [3.05, 3.63) is 23.9 Å². The number of halogens is 1. The first-order chi connectivity index (χ1) is 5.36. The van der Waals surface area contributed by atoms with Crippen molar-refractivity contribution in [2.24, 2.45) is 4.99 Å². The summed E-state index contributed by atoms with van der Waals surface area (Å²) < 4.78 is 1.16. The lowest BCUT2D eigenvalue weighted by atomic mass is 10.1. The van der Waals surface area contributed by atoms with Crippen molar-refractivity contribution in [2.45, 2.75) is 12.8 Å². The van der Waals surface area contributed by atoms with Gasteiger partial charge in [0.15, 0.2) is 5.82 Å². The lowest BCUT2D eigenvalue weighted by Crippen LogP contribution is -1.99. The first kappa shape index (κ1) is 7.21. The van der Waals surface area contributed by atoms with E-state index in [-0.39, 0.29) is 0 Å². The summed E-state index contributed by atoms with van der Waals surface area (Å²) in [5, 5.41) is 0. The Morgan fingerprint density at radius 2 is 2.27 bits per heavy atom. The zero-order valence-electron chi connectivity index (χ0n) is 5.92. The highest BCUT2D eigenvalue weighted by Gasteiger charge is 2.09. The fourth-order valence-electron chi connectivity index (χ4n) is 1.13. The average Bonchev–Trinajstić information content (AvgIpc) is 2.04. The van der Waals surface area contributed by atoms with Gasteiger partial charge in [0.2, 0.25) is 0 Å². The molecule has 1 aliphatic rings. The zero-order chi connectivity index (χ0) is 7.68. The second kappa shape index (κ2) is 2.89. The number of hydrogen-bond acceptors (Lipinski definition) is 2. The SMILES string of the molecule is IC1=Nc2ncccc2CC1. The second-order valence-electron chi connectivity index (χ2n) is 2.47. The Hall–Kier alpha value is -0.450. The van der Waals surface area contributed by atoms with E-state index in [9.17, 15) is 0 Å². The standard InChI is InChI=1S/C8H7IN2/c9-7-4-3-6-2-1-5-10-8(6)11-7/h1-2,5H,3-4H2. The molecule has 0 fully saturated rings. The summed E-state index contributed by atoms with van der Waals surface area (Å²) in [5.74, 6) is 0.906. The van der Waals surface area contributed by atoms with E-state index in [1.807, 2.05) is 6.07 Å². The number of hydrogen-bond donors (Lipinski definition) is 0. The van der Waals surface area contributed by atoms with Gasteiger partial charge in [0.05, 0.1) is 3.72 Å². The van der Waals surface area contributed by atoms with E-state index in [4.69, 9.17) is 0 Å². The minimum absolute atomic E-state index is 0.906. The van der Waals surface area contributed by atoms with Crippen LogP contribution >= 0.6 is 22.6 Å². The van der Waals surface area contributed by atoms with Crippen LogP contribution in [0.15, 0.2) is 23.3 Å². The predicted octanol–water partition coefficient (Wildman–Crippen LogP) is 2.49. The van der Waals surface area contributed by atoms with Crippen molar-refractivity contribution < 1.29 is 0 Å². The molecule has 0 aromatic carbocycles. The fourth-order valence-corrected chi connectivity index (χ4v) is 1.63. The van der Waals surface area contributed by atoms with Gasteiger partial charge in [-0.25, -0.2) is 9.98 Å². The lowest BCUT2D eigenvalue weighted by molar-refractivity contribution is 0.999. The highest BCUT2D eigenvalue weighted by molar-refractivity contribution is 14.1. The summed E-state index contributed by atoms with van der Waals surface area (Å²) in [6.45, 7) is 0. The molecular formula is C8H7IN2. The third-order valence-corrected chi connectivity index (χ3v) is 2.48. The van der Waals surface area contributed by atoms with Gasteiger partial charge in [-0.05, 0) is 47.1 Å². The smallest absolute Gasteiger partial charge is 0.155 e. The van der Waals surface area contributed by atoms with Crippen molar-refractivity contribution in [1.29, 1.82) is 0 Å². The number of pyridine rings is 1. The molecule has 1 aromatic heterocycles. The van der Waals surface area contributed by atoms with Crippen molar-refractivity contribution in [3.63, 3.8) is 0 Å². The highest BCUT2D eigenvalue weighted by Crippen LogP contribution is 2.24. The van der Waals surface area contributed by atoms with Gasteiger partial charge in [0.1, 0.15) is 0 Å². The van der Waals surface area contributed by atoms with E-state index in [1.54, 1.807) is 6.20 Å². The van der Waals surface area contributed by atoms with E-state index in [1.165, 1.54) is 5.56 Å². The molecule has 0 saturated carbocycles. The van der Waals surface area contributed by atoms with Crippen LogP contribution in [0.4, 0.5) is 5.82 Å². The minimum atomic E-state index is 0.906. The van der Waals surface area contributed by atoms with Crippen LogP contribution in [0.3, 0.4) is 0 Å². The van der Waals surface area contributed by atoms with Gasteiger partial charge in [0, 0.05) is 6.20 Å². The molecule has 0 radical (unpaired) electrons. The molecule has 0 atom stereocenters. The topological polar surface area (TPSA) is 25.2 Å². The number of fused-ring (bicyclic) bond motifs is 1. The molecular weight excluding hydrogens is 251 g/mol. The molecule has 2 heterocycles. The van der Waals surface area contributed by atoms with Crippen molar-refractivity contribution >= 4 is 32.1 Å². The molecule has 0 saturated heterocycles.